The highest BCUT2D eigenvalue weighted by atomic mass is 16.3. The molecule has 0 radical (unpaired) electrons. The largest absolute Gasteiger partial charge is 0.393 e. The van der Waals surface area contributed by atoms with Gasteiger partial charge in [-0.2, -0.15) is 5.26 Å². The van der Waals surface area contributed by atoms with Crippen LogP contribution in [-0.2, 0) is 4.79 Å². The molecule has 17 heavy (non-hydrogen) atoms. The van der Waals surface area contributed by atoms with Gasteiger partial charge in [0.2, 0.25) is 5.91 Å². The number of rotatable bonds is 2. The number of hydrogen-bond acceptors (Lipinski definition) is 3. The first-order valence-electron chi connectivity index (χ1n) is 6.40. The van der Waals surface area contributed by atoms with Crippen molar-refractivity contribution < 1.29 is 9.90 Å². The van der Waals surface area contributed by atoms with Gasteiger partial charge in [-0.1, -0.05) is 6.92 Å². The number of hydrogen-bond donors (Lipinski definition) is 1. The predicted octanol–water partition coefficient (Wildman–Crippen LogP) is 1.16. The van der Waals surface area contributed by atoms with E-state index in [2.05, 4.69) is 6.07 Å². The van der Waals surface area contributed by atoms with Gasteiger partial charge in [0, 0.05) is 19.0 Å². The highest BCUT2D eigenvalue weighted by Crippen LogP contribution is 2.39. The molecule has 4 nitrogen and oxygen atoms in total. The average molecular weight is 236 g/mol. The molecule has 0 spiro atoms. The van der Waals surface area contributed by atoms with E-state index in [1.807, 2.05) is 6.92 Å². The van der Waals surface area contributed by atoms with Gasteiger partial charge in [-0.05, 0) is 32.1 Å². The third-order valence-electron chi connectivity index (χ3n) is 4.53. The van der Waals surface area contributed by atoms with E-state index in [1.165, 1.54) is 0 Å². The molecule has 1 aliphatic carbocycles. The van der Waals surface area contributed by atoms with E-state index in [9.17, 15) is 9.90 Å². The highest BCUT2D eigenvalue weighted by molar-refractivity contribution is 5.85. The molecule has 1 aliphatic heterocycles. The normalized spacial score (nSPS) is 35.2. The maximum absolute atomic E-state index is 12.3. The Morgan fingerprint density at radius 1 is 1.53 bits per heavy atom. The quantitative estimate of drug-likeness (QED) is 0.782. The maximum atomic E-state index is 12.3. The van der Waals surface area contributed by atoms with E-state index < -0.39 is 5.41 Å². The van der Waals surface area contributed by atoms with Crippen molar-refractivity contribution >= 4 is 5.91 Å². The van der Waals surface area contributed by atoms with Crippen molar-refractivity contribution in [1.29, 1.82) is 5.26 Å². The van der Waals surface area contributed by atoms with Crippen LogP contribution in [0.5, 0.6) is 0 Å². The van der Waals surface area contributed by atoms with Gasteiger partial charge < -0.3 is 10.0 Å². The van der Waals surface area contributed by atoms with Gasteiger partial charge in [0.15, 0.2) is 0 Å². The Kier molecular flexibility index (Phi) is 3.13. The fourth-order valence-electron chi connectivity index (χ4n) is 3.03. The smallest absolute Gasteiger partial charge is 0.242 e. The van der Waals surface area contributed by atoms with E-state index >= 15 is 0 Å². The number of nitriles is 1. The molecule has 1 heterocycles. The number of fused-ring (bicyclic) bond motifs is 1. The number of nitrogens with zero attached hydrogens (tertiary/aromatic N) is 2. The molecular weight excluding hydrogens is 216 g/mol. The number of aliphatic hydroxyl groups excluding tert-OH is 1. The van der Waals surface area contributed by atoms with Gasteiger partial charge in [0.05, 0.1) is 12.2 Å². The number of carbonyl (C=O) groups excluding carboxylic acids is 1. The highest BCUT2D eigenvalue weighted by Gasteiger charge is 2.46. The molecule has 1 saturated carbocycles. The minimum absolute atomic E-state index is 0.0656. The lowest BCUT2D eigenvalue weighted by atomic mass is 9.88. The summed E-state index contributed by atoms with van der Waals surface area (Å²) >= 11 is 0. The van der Waals surface area contributed by atoms with Crippen LogP contribution in [0.3, 0.4) is 0 Å². The van der Waals surface area contributed by atoms with Gasteiger partial charge in [0.1, 0.15) is 5.41 Å². The van der Waals surface area contributed by atoms with Crippen LogP contribution in [0, 0.1) is 28.6 Å². The zero-order valence-corrected chi connectivity index (χ0v) is 10.5. The summed E-state index contributed by atoms with van der Waals surface area (Å²) in [6, 6.07) is 2.13. The van der Waals surface area contributed by atoms with Crippen molar-refractivity contribution in [1.82, 2.24) is 4.90 Å². The molecule has 1 saturated heterocycles. The van der Waals surface area contributed by atoms with Crippen molar-refractivity contribution in [2.24, 2.45) is 17.3 Å². The molecule has 2 aliphatic rings. The number of likely N-dealkylation sites (tertiary alicyclic amines) is 1. The van der Waals surface area contributed by atoms with Crippen LogP contribution in [0.15, 0.2) is 0 Å². The van der Waals surface area contributed by atoms with Gasteiger partial charge in [-0.15, -0.1) is 0 Å². The maximum Gasteiger partial charge on any atom is 0.242 e. The first kappa shape index (κ1) is 12.4. The molecule has 1 N–H and O–H groups in total. The second-order valence-electron chi connectivity index (χ2n) is 5.58. The third-order valence-corrected chi connectivity index (χ3v) is 4.53. The van der Waals surface area contributed by atoms with Gasteiger partial charge in [0.25, 0.3) is 0 Å². The second kappa shape index (κ2) is 4.30. The summed E-state index contributed by atoms with van der Waals surface area (Å²) in [5, 5.41) is 18.9. The first-order valence-corrected chi connectivity index (χ1v) is 6.40. The minimum Gasteiger partial charge on any atom is -0.393 e. The van der Waals surface area contributed by atoms with Crippen molar-refractivity contribution in [2.75, 3.05) is 13.1 Å². The molecule has 1 amide bonds. The SMILES string of the molecule is CCC(C)(C#N)C(=O)N1CC2CCC(O)C2C1. The Hall–Kier alpha value is -1.08. The molecular formula is C13H20N2O2. The molecule has 4 unspecified atom stereocenters. The van der Waals surface area contributed by atoms with Crippen LogP contribution in [-0.4, -0.2) is 35.1 Å². The fourth-order valence-corrected chi connectivity index (χ4v) is 3.03. The van der Waals surface area contributed by atoms with Crippen molar-refractivity contribution in [3.05, 3.63) is 0 Å². The molecule has 0 aromatic carbocycles. The lowest BCUT2D eigenvalue weighted by Crippen LogP contribution is -2.41. The predicted molar refractivity (Wildman–Crippen MR) is 62.8 cm³/mol. The van der Waals surface area contributed by atoms with E-state index in [4.69, 9.17) is 5.26 Å². The number of carbonyl (C=O) groups is 1. The fraction of sp³-hybridized carbons (Fsp3) is 0.846. The van der Waals surface area contributed by atoms with Gasteiger partial charge in [-0.25, -0.2) is 0 Å². The van der Waals surface area contributed by atoms with Crippen molar-refractivity contribution in [2.45, 2.75) is 39.2 Å². The molecule has 0 aromatic heterocycles. The summed E-state index contributed by atoms with van der Waals surface area (Å²) in [5.74, 6) is 0.608. The Morgan fingerprint density at radius 3 is 2.76 bits per heavy atom. The van der Waals surface area contributed by atoms with Crippen LogP contribution in [0.4, 0.5) is 0 Å². The molecule has 0 bridgehead atoms. The molecule has 2 fully saturated rings. The van der Waals surface area contributed by atoms with E-state index in [-0.39, 0.29) is 17.9 Å². The number of amides is 1. The summed E-state index contributed by atoms with van der Waals surface area (Å²) in [6.45, 7) is 4.92. The lowest BCUT2D eigenvalue weighted by molar-refractivity contribution is -0.137. The summed E-state index contributed by atoms with van der Waals surface area (Å²) < 4.78 is 0. The van der Waals surface area contributed by atoms with Crippen LogP contribution < -0.4 is 0 Å². The summed E-state index contributed by atoms with van der Waals surface area (Å²) in [4.78, 5) is 14.1. The molecule has 4 atom stereocenters. The van der Waals surface area contributed by atoms with Crippen LogP contribution in [0.2, 0.25) is 0 Å². The van der Waals surface area contributed by atoms with Crippen molar-refractivity contribution in [3.63, 3.8) is 0 Å². The minimum atomic E-state index is -0.899. The average Bonchev–Trinajstić information content (AvgIpc) is 2.90. The summed E-state index contributed by atoms with van der Waals surface area (Å²) in [6.07, 6.45) is 2.15. The van der Waals surface area contributed by atoms with E-state index in [0.29, 0.717) is 18.9 Å². The molecule has 94 valence electrons. The van der Waals surface area contributed by atoms with Gasteiger partial charge >= 0.3 is 0 Å². The Bertz CT molecular complexity index is 363. The first-order chi connectivity index (χ1) is 8.01. The topological polar surface area (TPSA) is 64.3 Å². The summed E-state index contributed by atoms with van der Waals surface area (Å²) in [5.41, 5.74) is -0.899. The lowest BCUT2D eigenvalue weighted by Gasteiger charge is -2.26. The van der Waals surface area contributed by atoms with Gasteiger partial charge in [-0.3, -0.25) is 4.79 Å². The van der Waals surface area contributed by atoms with Crippen molar-refractivity contribution in [3.8, 4) is 6.07 Å². The Labute approximate surface area is 102 Å². The standard InChI is InChI=1S/C13H20N2O2/c1-3-13(2,8-14)12(17)15-6-9-4-5-11(16)10(9)7-15/h9-11,16H,3-7H2,1-2H3. The molecule has 2 rings (SSSR count). The molecule has 4 heteroatoms. The second-order valence-corrected chi connectivity index (χ2v) is 5.58. The Balaban J connectivity index is 2.07. The van der Waals surface area contributed by atoms with Crippen LogP contribution in [0.1, 0.15) is 33.1 Å². The van der Waals surface area contributed by atoms with Crippen LogP contribution in [0.25, 0.3) is 0 Å². The zero-order chi connectivity index (χ0) is 12.6. The molecule has 0 aromatic rings. The third kappa shape index (κ3) is 1.93. The van der Waals surface area contributed by atoms with E-state index in [0.717, 1.165) is 19.4 Å². The monoisotopic (exact) mass is 236 g/mol. The summed E-state index contributed by atoms with van der Waals surface area (Å²) in [7, 11) is 0. The van der Waals surface area contributed by atoms with Crippen LogP contribution >= 0.6 is 0 Å². The van der Waals surface area contributed by atoms with E-state index in [1.54, 1.807) is 11.8 Å². The number of aliphatic hydroxyl groups is 1. The zero-order valence-electron chi connectivity index (χ0n) is 10.5. The Morgan fingerprint density at radius 2 is 2.24 bits per heavy atom.